The molecule has 20 heavy (non-hydrogen) atoms. The first kappa shape index (κ1) is 15.6. The van der Waals surface area contributed by atoms with E-state index in [-0.39, 0.29) is 17.2 Å². The van der Waals surface area contributed by atoms with Crippen LogP contribution in [-0.2, 0) is 10.2 Å². The van der Waals surface area contributed by atoms with E-state index >= 15 is 0 Å². The van der Waals surface area contributed by atoms with Crippen LogP contribution in [0.5, 0.6) is 0 Å². The lowest BCUT2D eigenvalue weighted by molar-refractivity contribution is -0.124. The Balaban J connectivity index is 1.99. The van der Waals surface area contributed by atoms with Crippen LogP contribution in [0.3, 0.4) is 0 Å². The van der Waals surface area contributed by atoms with Crippen LogP contribution in [0.2, 0.25) is 10.0 Å². The largest absolute Gasteiger partial charge is 0.355 e. The Morgan fingerprint density at radius 3 is 2.75 bits per heavy atom. The monoisotopic (exact) mass is 314 g/mol. The number of carbonyl (C=O) groups is 1. The van der Waals surface area contributed by atoms with Gasteiger partial charge in [0.05, 0.1) is 16.0 Å². The van der Waals surface area contributed by atoms with Gasteiger partial charge in [-0.15, -0.1) is 0 Å². The van der Waals surface area contributed by atoms with Crippen LogP contribution in [-0.4, -0.2) is 25.5 Å². The summed E-state index contributed by atoms with van der Waals surface area (Å²) in [5.41, 5.74) is 0.882. The molecule has 1 amide bonds. The average molecular weight is 315 g/mol. The molecule has 2 N–H and O–H groups in total. The van der Waals surface area contributed by atoms with Crippen molar-refractivity contribution in [1.29, 1.82) is 0 Å². The lowest BCUT2D eigenvalue weighted by atomic mass is 9.84. The fourth-order valence-electron chi connectivity index (χ4n) is 2.35. The first-order valence-corrected chi connectivity index (χ1v) is 7.60. The molecule has 2 rings (SSSR count). The van der Waals surface area contributed by atoms with Crippen LogP contribution >= 0.6 is 23.2 Å². The van der Waals surface area contributed by atoms with Gasteiger partial charge in [0.25, 0.3) is 0 Å². The van der Waals surface area contributed by atoms with E-state index in [9.17, 15) is 4.79 Å². The van der Waals surface area contributed by atoms with Gasteiger partial charge in [0.15, 0.2) is 0 Å². The normalized spacial score (nSPS) is 19.1. The van der Waals surface area contributed by atoms with E-state index in [0.29, 0.717) is 16.6 Å². The molecule has 0 bridgehead atoms. The van der Waals surface area contributed by atoms with Crippen LogP contribution in [0.4, 0.5) is 0 Å². The molecule has 1 aliphatic heterocycles. The first-order chi connectivity index (χ1) is 9.40. The Kier molecular flexibility index (Phi) is 4.95. The number of halogens is 2. The van der Waals surface area contributed by atoms with E-state index in [4.69, 9.17) is 23.2 Å². The maximum atomic E-state index is 12.0. The molecular weight excluding hydrogens is 295 g/mol. The minimum absolute atomic E-state index is 0.0969. The first-order valence-electron chi connectivity index (χ1n) is 6.84. The molecule has 0 spiro atoms. The Labute approximate surface area is 130 Å². The highest BCUT2D eigenvalue weighted by molar-refractivity contribution is 6.42. The van der Waals surface area contributed by atoms with Gasteiger partial charge in [0.2, 0.25) is 5.91 Å². The van der Waals surface area contributed by atoms with Gasteiger partial charge in [0.1, 0.15) is 0 Å². The van der Waals surface area contributed by atoms with Crippen molar-refractivity contribution in [3.63, 3.8) is 0 Å². The maximum Gasteiger partial charge on any atom is 0.224 e. The van der Waals surface area contributed by atoms with E-state index in [2.05, 4.69) is 24.5 Å². The lowest BCUT2D eigenvalue weighted by Gasteiger charge is -2.26. The molecule has 1 aliphatic rings. The van der Waals surface area contributed by atoms with Crippen LogP contribution in [0.25, 0.3) is 0 Å². The Morgan fingerprint density at radius 2 is 2.15 bits per heavy atom. The summed E-state index contributed by atoms with van der Waals surface area (Å²) in [5.74, 6) is 0.225. The Hall–Kier alpha value is -0.770. The summed E-state index contributed by atoms with van der Waals surface area (Å²) < 4.78 is 0. The molecule has 3 nitrogen and oxygen atoms in total. The number of benzene rings is 1. The molecular formula is C15H20Cl2N2O. The summed E-state index contributed by atoms with van der Waals surface area (Å²) in [6, 6.07) is 5.62. The molecule has 0 radical (unpaired) electrons. The predicted octanol–water partition coefficient (Wildman–Crippen LogP) is 3.00. The molecule has 110 valence electrons. The van der Waals surface area contributed by atoms with Gasteiger partial charge in [-0.25, -0.2) is 0 Å². The SMILES string of the molecule is CC(C)(CNC(=O)C1CCNC1)c1ccc(Cl)c(Cl)c1. The van der Waals surface area contributed by atoms with Crippen molar-refractivity contribution < 1.29 is 4.79 Å². The molecule has 1 unspecified atom stereocenters. The molecule has 0 aromatic heterocycles. The minimum Gasteiger partial charge on any atom is -0.355 e. The smallest absolute Gasteiger partial charge is 0.224 e. The third-order valence-electron chi connectivity index (χ3n) is 3.84. The number of rotatable bonds is 4. The molecule has 1 fully saturated rings. The highest BCUT2D eigenvalue weighted by Crippen LogP contribution is 2.29. The van der Waals surface area contributed by atoms with Crippen LogP contribution < -0.4 is 10.6 Å². The van der Waals surface area contributed by atoms with Crippen molar-refractivity contribution in [1.82, 2.24) is 10.6 Å². The van der Waals surface area contributed by atoms with Crippen LogP contribution in [0.1, 0.15) is 25.8 Å². The molecule has 0 saturated carbocycles. The van der Waals surface area contributed by atoms with Crippen molar-refractivity contribution in [3.05, 3.63) is 33.8 Å². The van der Waals surface area contributed by atoms with Gasteiger partial charge in [-0.3, -0.25) is 4.79 Å². The van der Waals surface area contributed by atoms with Gasteiger partial charge in [-0.2, -0.15) is 0 Å². The second kappa shape index (κ2) is 6.33. The van der Waals surface area contributed by atoms with E-state index in [1.807, 2.05) is 12.1 Å². The molecule has 0 aliphatic carbocycles. The number of hydrogen-bond donors (Lipinski definition) is 2. The highest BCUT2D eigenvalue weighted by Gasteiger charge is 2.26. The van der Waals surface area contributed by atoms with Crippen molar-refractivity contribution in [2.24, 2.45) is 5.92 Å². The van der Waals surface area contributed by atoms with Gasteiger partial charge in [-0.05, 0) is 30.7 Å². The second-order valence-corrected chi connectivity index (χ2v) is 6.73. The minimum atomic E-state index is -0.185. The molecule has 1 heterocycles. The van der Waals surface area contributed by atoms with Crippen molar-refractivity contribution >= 4 is 29.1 Å². The van der Waals surface area contributed by atoms with E-state index in [1.165, 1.54) is 0 Å². The zero-order chi connectivity index (χ0) is 14.8. The van der Waals surface area contributed by atoms with Crippen molar-refractivity contribution in [3.8, 4) is 0 Å². The summed E-state index contributed by atoms with van der Waals surface area (Å²) in [5, 5.41) is 7.34. The molecule has 1 atom stereocenters. The standard InChI is InChI=1S/C15H20Cl2N2O/c1-15(2,11-3-4-12(16)13(17)7-11)9-19-14(20)10-5-6-18-8-10/h3-4,7,10,18H,5-6,8-9H2,1-2H3,(H,19,20). The van der Waals surface area contributed by atoms with Crippen LogP contribution in [0, 0.1) is 5.92 Å². The quantitative estimate of drug-likeness (QED) is 0.897. The van der Waals surface area contributed by atoms with Gasteiger partial charge in [0, 0.05) is 18.5 Å². The Bertz CT molecular complexity index is 497. The van der Waals surface area contributed by atoms with Gasteiger partial charge < -0.3 is 10.6 Å². The molecule has 1 aromatic carbocycles. The predicted molar refractivity (Wildman–Crippen MR) is 83.5 cm³/mol. The maximum absolute atomic E-state index is 12.0. The zero-order valence-electron chi connectivity index (χ0n) is 11.8. The molecule has 1 aromatic rings. The van der Waals surface area contributed by atoms with E-state index in [1.54, 1.807) is 6.07 Å². The summed E-state index contributed by atoms with van der Waals surface area (Å²) in [6.07, 6.45) is 0.916. The number of hydrogen-bond acceptors (Lipinski definition) is 2. The fraction of sp³-hybridized carbons (Fsp3) is 0.533. The topological polar surface area (TPSA) is 41.1 Å². The lowest BCUT2D eigenvalue weighted by Crippen LogP contribution is -2.40. The average Bonchev–Trinajstić information content (AvgIpc) is 2.93. The van der Waals surface area contributed by atoms with Gasteiger partial charge in [-0.1, -0.05) is 43.1 Å². The highest BCUT2D eigenvalue weighted by atomic mass is 35.5. The summed E-state index contributed by atoms with van der Waals surface area (Å²) in [7, 11) is 0. The van der Waals surface area contributed by atoms with Gasteiger partial charge >= 0.3 is 0 Å². The fourth-order valence-corrected chi connectivity index (χ4v) is 2.65. The third kappa shape index (κ3) is 3.66. The summed E-state index contributed by atoms with van der Waals surface area (Å²) >= 11 is 12.0. The molecule has 1 saturated heterocycles. The van der Waals surface area contributed by atoms with Crippen molar-refractivity contribution in [2.45, 2.75) is 25.7 Å². The number of amides is 1. The molecule has 5 heteroatoms. The third-order valence-corrected chi connectivity index (χ3v) is 4.58. The summed E-state index contributed by atoms with van der Waals surface area (Å²) in [6.45, 7) is 6.45. The van der Waals surface area contributed by atoms with E-state index < -0.39 is 0 Å². The number of nitrogens with one attached hydrogen (secondary N) is 2. The van der Waals surface area contributed by atoms with Crippen molar-refractivity contribution in [2.75, 3.05) is 19.6 Å². The van der Waals surface area contributed by atoms with Crippen LogP contribution in [0.15, 0.2) is 18.2 Å². The Morgan fingerprint density at radius 1 is 1.40 bits per heavy atom. The summed E-state index contributed by atoms with van der Waals surface area (Å²) in [4.78, 5) is 12.0. The number of carbonyl (C=O) groups excluding carboxylic acids is 1. The van der Waals surface area contributed by atoms with E-state index in [0.717, 1.165) is 25.1 Å². The second-order valence-electron chi connectivity index (χ2n) is 5.92. The zero-order valence-corrected chi connectivity index (χ0v) is 13.3.